The zero-order valence-corrected chi connectivity index (χ0v) is 8.83. The first-order valence-electron chi connectivity index (χ1n) is 5.53. The van der Waals surface area contributed by atoms with Crippen LogP contribution in [-0.2, 0) is 4.74 Å². The van der Waals surface area contributed by atoms with Crippen molar-refractivity contribution < 1.29 is 9.84 Å². The van der Waals surface area contributed by atoms with Crippen LogP contribution >= 0.6 is 0 Å². The van der Waals surface area contributed by atoms with Gasteiger partial charge in [0.25, 0.3) is 0 Å². The van der Waals surface area contributed by atoms with E-state index >= 15 is 0 Å². The smallest absolute Gasteiger partial charge is 0.0745 e. The lowest BCUT2D eigenvalue weighted by molar-refractivity contribution is -0.0461. The van der Waals surface area contributed by atoms with Crippen molar-refractivity contribution in [3.63, 3.8) is 0 Å². The maximum atomic E-state index is 9.12. The topological polar surface area (TPSA) is 29.5 Å². The lowest BCUT2D eigenvalue weighted by Crippen LogP contribution is -2.29. The fourth-order valence-electron chi connectivity index (χ4n) is 2.12. The summed E-state index contributed by atoms with van der Waals surface area (Å²) < 4.78 is 5.70. The molecule has 0 bridgehead atoms. The van der Waals surface area contributed by atoms with Gasteiger partial charge in [-0.15, -0.1) is 0 Å². The molecule has 0 aliphatic heterocycles. The van der Waals surface area contributed by atoms with E-state index in [4.69, 9.17) is 9.84 Å². The van der Waals surface area contributed by atoms with Crippen molar-refractivity contribution in [1.82, 2.24) is 0 Å². The molecule has 1 aliphatic carbocycles. The average Bonchev–Trinajstić information content (AvgIpc) is 2.15. The lowest BCUT2D eigenvalue weighted by Gasteiger charge is -2.31. The molecule has 0 spiro atoms. The number of hydrogen-bond donors (Lipinski definition) is 1. The zero-order chi connectivity index (χ0) is 9.68. The molecule has 3 atom stereocenters. The molecule has 0 saturated heterocycles. The first kappa shape index (κ1) is 11.0. The predicted molar refractivity (Wildman–Crippen MR) is 53.7 cm³/mol. The second-order valence-corrected chi connectivity index (χ2v) is 4.17. The van der Waals surface area contributed by atoms with Crippen LogP contribution in [0.4, 0.5) is 0 Å². The first-order chi connectivity index (χ1) is 6.24. The van der Waals surface area contributed by atoms with Gasteiger partial charge in [-0.3, -0.25) is 0 Å². The van der Waals surface area contributed by atoms with Gasteiger partial charge in [0.2, 0.25) is 0 Å². The van der Waals surface area contributed by atoms with Crippen LogP contribution in [0.25, 0.3) is 0 Å². The Labute approximate surface area is 81.3 Å². The Kier molecular flexibility index (Phi) is 4.74. The van der Waals surface area contributed by atoms with Crippen molar-refractivity contribution in [3.05, 3.63) is 0 Å². The van der Waals surface area contributed by atoms with Gasteiger partial charge in [0.15, 0.2) is 0 Å². The summed E-state index contributed by atoms with van der Waals surface area (Å²) in [7, 11) is 0. The molecule has 1 rings (SSSR count). The van der Waals surface area contributed by atoms with Crippen LogP contribution in [-0.4, -0.2) is 23.9 Å². The summed E-state index contributed by atoms with van der Waals surface area (Å²) in [6.07, 6.45) is 6.44. The quantitative estimate of drug-likeness (QED) is 0.730. The van der Waals surface area contributed by atoms with Crippen LogP contribution in [0.1, 0.15) is 46.0 Å². The molecule has 0 aromatic heterocycles. The molecular formula is C11H22O2. The highest BCUT2D eigenvalue weighted by molar-refractivity contribution is 4.75. The molecular weight excluding hydrogens is 164 g/mol. The minimum Gasteiger partial charge on any atom is -0.391 e. The Morgan fingerprint density at radius 3 is 2.69 bits per heavy atom. The van der Waals surface area contributed by atoms with E-state index in [1.807, 2.05) is 0 Å². The third kappa shape index (κ3) is 3.65. The zero-order valence-electron chi connectivity index (χ0n) is 8.83. The van der Waals surface area contributed by atoms with Crippen molar-refractivity contribution in [2.24, 2.45) is 5.92 Å². The normalized spacial score (nSPS) is 31.6. The maximum absolute atomic E-state index is 9.12. The van der Waals surface area contributed by atoms with Gasteiger partial charge < -0.3 is 9.84 Å². The molecule has 1 aliphatic rings. The molecule has 1 saturated carbocycles. The molecule has 1 N–H and O–H groups in total. The van der Waals surface area contributed by atoms with Crippen molar-refractivity contribution >= 4 is 0 Å². The molecule has 2 unspecified atom stereocenters. The van der Waals surface area contributed by atoms with Crippen LogP contribution in [0.3, 0.4) is 0 Å². The Morgan fingerprint density at radius 1 is 1.38 bits per heavy atom. The number of aliphatic hydroxyl groups excluding tert-OH is 1. The highest BCUT2D eigenvalue weighted by Crippen LogP contribution is 2.29. The highest BCUT2D eigenvalue weighted by atomic mass is 16.5. The van der Waals surface area contributed by atoms with E-state index in [9.17, 15) is 0 Å². The Morgan fingerprint density at radius 2 is 2.08 bits per heavy atom. The molecule has 78 valence electrons. The number of aliphatic hydroxyl groups is 1. The Balaban J connectivity index is 2.27. The Hall–Kier alpha value is -0.0800. The second-order valence-electron chi connectivity index (χ2n) is 4.17. The molecule has 2 heteroatoms. The summed E-state index contributed by atoms with van der Waals surface area (Å²) in [5.74, 6) is 0.729. The van der Waals surface area contributed by atoms with E-state index in [0.717, 1.165) is 5.92 Å². The third-order valence-corrected chi connectivity index (χ3v) is 2.92. The fourth-order valence-corrected chi connectivity index (χ4v) is 2.12. The van der Waals surface area contributed by atoms with Gasteiger partial charge in [0, 0.05) is 0 Å². The molecule has 0 aromatic rings. The summed E-state index contributed by atoms with van der Waals surface area (Å²) in [5, 5.41) is 9.12. The summed E-state index contributed by atoms with van der Waals surface area (Å²) in [6, 6.07) is 0. The molecule has 0 amide bonds. The summed E-state index contributed by atoms with van der Waals surface area (Å²) in [4.78, 5) is 0. The van der Waals surface area contributed by atoms with Crippen molar-refractivity contribution in [3.8, 4) is 0 Å². The summed E-state index contributed by atoms with van der Waals surface area (Å²) in [6.45, 7) is 4.51. The van der Waals surface area contributed by atoms with Crippen molar-refractivity contribution in [2.75, 3.05) is 6.61 Å². The SMILES string of the molecule is CCC1CCCCC1OC[C@@H](C)O. The summed E-state index contributed by atoms with van der Waals surface area (Å²) in [5.41, 5.74) is 0. The van der Waals surface area contributed by atoms with E-state index in [1.165, 1.54) is 32.1 Å². The van der Waals surface area contributed by atoms with E-state index < -0.39 is 0 Å². The van der Waals surface area contributed by atoms with Crippen molar-refractivity contribution in [1.29, 1.82) is 0 Å². The van der Waals surface area contributed by atoms with Gasteiger partial charge in [-0.05, 0) is 25.7 Å². The monoisotopic (exact) mass is 186 g/mol. The minimum absolute atomic E-state index is 0.320. The highest BCUT2D eigenvalue weighted by Gasteiger charge is 2.24. The van der Waals surface area contributed by atoms with Gasteiger partial charge in [0.05, 0.1) is 18.8 Å². The minimum atomic E-state index is -0.320. The van der Waals surface area contributed by atoms with E-state index in [2.05, 4.69) is 6.92 Å². The van der Waals surface area contributed by atoms with Crippen LogP contribution in [0.15, 0.2) is 0 Å². The lowest BCUT2D eigenvalue weighted by atomic mass is 9.85. The predicted octanol–water partition coefficient (Wildman–Crippen LogP) is 2.35. The second kappa shape index (κ2) is 5.61. The van der Waals surface area contributed by atoms with Gasteiger partial charge >= 0.3 is 0 Å². The molecule has 0 heterocycles. The first-order valence-corrected chi connectivity index (χ1v) is 5.53. The molecule has 2 nitrogen and oxygen atoms in total. The van der Waals surface area contributed by atoms with E-state index in [0.29, 0.717) is 12.7 Å². The van der Waals surface area contributed by atoms with Gasteiger partial charge in [-0.1, -0.05) is 26.2 Å². The average molecular weight is 186 g/mol. The number of ether oxygens (including phenoxy) is 1. The van der Waals surface area contributed by atoms with Crippen LogP contribution < -0.4 is 0 Å². The Bertz CT molecular complexity index is 134. The van der Waals surface area contributed by atoms with Crippen molar-refractivity contribution in [2.45, 2.75) is 58.2 Å². The van der Waals surface area contributed by atoms with Gasteiger partial charge in [-0.25, -0.2) is 0 Å². The fraction of sp³-hybridized carbons (Fsp3) is 1.00. The maximum Gasteiger partial charge on any atom is 0.0745 e. The van der Waals surface area contributed by atoms with Gasteiger partial charge in [-0.2, -0.15) is 0 Å². The molecule has 1 fully saturated rings. The van der Waals surface area contributed by atoms with E-state index in [-0.39, 0.29) is 6.10 Å². The summed E-state index contributed by atoms with van der Waals surface area (Å²) >= 11 is 0. The van der Waals surface area contributed by atoms with Crippen LogP contribution in [0.2, 0.25) is 0 Å². The molecule has 0 radical (unpaired) electrons. The largest absolute Gasteiger partial charge is 0.391 e. The standard InChI is InChI=1S/C11H22O2/c1-3-10-6-4-5-7-11(10)13-8-9(2)12/h9-12H,3-8H2,1-2H3/t9-,10?,11?/m1/s1. The van der Waals surface area contributed by atoms with Crippen LogP contribution in [0, 0.1) is 5.92 Å². The molecule has 13 heavy (non-hydrogen) atoms. The van der Waals surface area contributed by atoms with Gasteiger partial charge in [0.1, 0.15) is 0 Å². The van der Waals surface area contributed by atoms with E-state index in [1.54, 1.807) is 6.92 Å². The molecule has 0 aromatic carbocycles. The van der Waals surface area contributed by atoms with Crippen LogP contribution in [0.5, 0.6) is 0 Å². The number of hydrogen-bond acceptors (Lipinski definition) is 2. The number of rotatable bonds is 4. The third-order valence-electron chi connectivity index (χ3n) is 2.92.